The lowest BCUT2D eigenvalue weighted by atomic mass is 10.1. The number of nitrogens with zero attached hydrogens (tertiary/aromatic N) is 1. The topological polar surface area (TPSA) is 66.5 Å². The molecular weight excluding hydrogens is 372 g/mol. The molecule has 1 amide bonds. The summed E-state index contributed by atoms with van der Waals surface area (Å²) in [4.78, 5) is 14.6. The first-order chi connectivity index (χ1) is 13.4. The Morgan fingerprint density at radius 2 is 1.54 bits per heavy atom. The zero-order chi connectivity index (χ0) is 20.1. The summed E-state index contributed by atoms with van der Waals surface area (Å²) in [5, 5.41) is 0. The van der Waals surface area contributed by atoms with Gasteiger partial charge in [-0.25, -0.2) is 8.42 Å². The summed E-state index contributed by atoms with van der Waals surface area (Å²) in [5.41, 5.74) is 2.58. The highest BCUT2D eigenvalue weighted by atomic mass is 32.2. The fraction of sp³-hybridized carbons (Fsp3) is 0.136. The van der Waals surface area contributed by atoms with Gasteiger partial charge in [0.15, 0.2) is 0 Å². The molecule has 0 atom stereocenters. The van der Waals surface area contributed by atoms with Gasteiger partial charge in [0, 0.05) is 19.2 Å². The Bertz CT molecular complexity index is 1070. The van der Waals surface area contributed by atoms with Crippen LogP contribution in [0.3, 0.4) is 0 Å². The van der Waals surface area contributed by atoms with Crippen molar-refractivity contribution in [1.82, 2.24) is 4.90 Å². The highest BCUT2D eigenvalue weighted by Gasteiger charge is 2.18. The minimum atomic E-state index is -3.72. The number of aryl methyl sites for hydroxylation is 1. The average Bonchev–Trinajstić information content (AvgIpc) is 2.70. The first kappa shape index (κ1) is 19.6. The molecule has 0 aliphatic heterocycles. The van der Waals surface area contributed by atoms with Gasteiger partial charge in [-0.15, -0.1) is 0 Å². The predicted molar refractivity (Wildman–Crippen MR) is 111 cm³/mol. The molecule has 0 fully saturated rings. The van der Waals surface area contributed by atoms with Crippen LogP contribution in [0, 0.1) is 6.92 Å². The Labute approximate surface area is 165 Å². The third-order valence-electron chi connectivity index (χ3n) is 4.39. The van der Waals surface area contributed by atoms with Gasteiger partial charge in [0.1, 0.15) is 0 Å². The molecule has 3 rings (SSSR count). The highest BCUT2D eigenvalue weighted by molar-refractivity contribution is 7.92. The van der Waals surface area contributed by atoms with Crippen LogP contribution in [0.4, 0.5) is 5.69 Å². The molecule has 0 aliphatic carbocycles. The van der Waals surface area contributed by atoms with Crippen molar-refractivity contribution in [1.29, 1.82) is 0 Å². The molecule has 0 bridgehead atoms. The molecule has 0 saturated heterocycles. The van der Waals surface area contributed by atoms with Gasteiger partial charge in [-0.2, -0.15) is 0 Å². The standard InChI is InChI=1S/C22H22N2O3S/c1-17-13-14-19(22(25)24(2)16-18-9-5-3-6-10-18)15-21(17)23-28(26,27)20-11-7-4-8-12-20/h3-15,23H,16H2,1-2H3. The summed E-state index contributed by atoms with van der Waals surface area (Å²) >= 11 is 0. The molecule has 0 unspecified atom stereocenters. The van der Waals surface area contributed by atoms with E-state index in [1.165, 1.54) is 12.1 Å². The van der Waals surface area contributed by atoms with E-state index in [1.54, 1.807) is 55.3 Å². The van der Waals surface area contributed by atoms with Crippen LogP contribution in [0.1, 0.15) is 21.5 Å². The van der Waals surface area contributed by atoms with Crippen LogP contribution < -0.4 is 4.72 Å². The molecular formula is C22H22N2O3S. The van der Waals surface area contributed by atoms with E-state index in [0.29, 0.717) is 17.8 Å². The summed E-state index contributed by atoms with van der Waals surface area (Å²) in [7, 11) is -2.00. The van der Waals surface area contributed by atoms with Gasteiger partial charge in [0.05, 0.1) is 10.6 Å². The van der Waals surface area contributed by atoms with Crippen molar-refractivity contribution in [3.05, 3.63) is 95.6 Å². The van der Waals surface area contributed by atoms with E-state index in [1.807, 2.05) is 30.3 Å². The minimum Gasteiger partial charge on any atom is -0.337 e. The predicted octanol–water partition coefficient (Wildman–Crippen LogP) is 4.07. The molecule has 3 aromatic carbocycles. The van der Waals surface area contributed by atoms with Gasteiger partial charge in [-0.3, -0.25) is 9.52 Å². The number of nitrogens with one attached hydrogen (secondary N) is 1. The number of amides is 1. The molecule has 0 spiro atoms. The molecule has 0 saturated carbocycles. The van der Waals surface area contributed by atoms with E-state index in [0.717, 1.165) is 11.1 Å². The maximum Gasteiger partial charge on any atom is 0.261 e. The number of carbonyl (C=O) groups excluding carboxylic acids is 1. The number of benzene rings is 3. The molecule has 0 radical (unpaired) electrons. The molecule has 5 nitrogen and oxygen atoms in total. The normalized spacial score (nSPS) is 11.1. The number of sulfonamides is 1. The fourth-order valence-electron chi connectivity index (χ4n) is 2.82. The van der Waals surface area contributed by atoms with E-state index in [4.69, 9.17) is 0 Å². The van der Waals surface area contributed by atoms with Crippen molar-refractivity contribution >= 4 is 21.6 Å². The van der Waals surface area contributed by atoms with Crippen molar-refractivity contribution < 1.29 is 13.2 Å². The first-order valence-corrected chi connectivity index (χ1v) is 10.3. The molecule has 0 aromatic heterocycles. The average molecular weight is 394 g/mol. The van der Waals surface area contributed by atoms with Crippen LogP contribution in [0.2, 0.25) is 0 Å². The van der Waals surface area contributed by atoms with E-state index < -0.39 is 10.0 Å². The number of anilines is 1. The summed E-state index contributed by atoms with van der Waals surface area (Å²) < 4.78 is 27.8. The van der Waals surface area contributed by atoms with Gasteiger partial charge in [-0.1, -0.05) is 54.6 Å². The SMILES string of the molecule is Cc1ccc(C(=O)N(C)Cc2ccccc2)cc1NS(=O)(=O)c1ccccc1. The second-order valence-electron chi connectivity index (χ2n) is 6.60. The lowest BCUT2D eigenvalue weighted by molar-refractivity contribution is 0.0785. The summed E-state index contributed by atoms with van der Waals surface area (Å²) in [5.74, 6) is -0.177. The van der Waals surface area contributed by atoms with Crippen LogP contribution in [0.5, 0.6) is 0 Å². The second kappa shape index (κ2) is 8.27. The molecule has 28 heavy (non-hydrogen) atoms. The first-order valence-electron chi connectivity index (χ1n) is 8.85. The van der Waals surface area contributed by atoms with E-state index in [2.05, 4.69) is 4.72 Å². The van der Waals surface area contributed by atoms with Crippen molar-refractivity contribution in [2.75, 3.05) is 11.8 Å². The molecule has 0 heterocycles. The molecule has 144 valence electrons. The second-order valence-corrected chi connectivity index (χ2v) is 8.28. The summed E-state index contributed by atoms with van der Waals surface area (Å²) in [6, 6.07) is 22.9. The van der Waals surface area contributed by atoms with Crippen LogP contribution in [0.15, 0.2) is 83.8 Å². The van der Waals surface area contributed by atoms with Crippen LogP contribution >= 0.6 is 0 Å². The lowest BCUT2D eigenvalue weighted by Crippen LogP contribution is -2.26. The minimum absolute atomic E-state index is 0.173. The number of carbonyl (C=O) groups is 1. The maximum absolute atomic E-state index is 12.8. The quantitative estimate of drug-likeness (QED) is 0.685. The highest BCUT2D eigenvalue weighted by Crippen LogP contribution is 2.22. The molecule has 0 aliphatic rings. The third kappa shape index (κ3) is 4.58. The number of hydrogen-bond acceptors (Lipinski definition) is 3. The zero-order valence-corrected chi connectivity index (χ0v) is 16.6. The largest absolute Gasteiger partial charge is 0.337 e. The van der Waals surface area contributed by atoms with E-state index in [9.17, 15) is 13.2 Å². The Hall–Kier alpha value is -3.12. The Balaban J connectivity index is 1.82. The third-order valence-corrected chi connectivity index (χ3v) is 5.77. The summed E-state index contributed by atoms with van der Waals surface area (Å²) in [6.07, 6.45) is 0. The van der Waals surface area contributed by atoms with Gasteiger partial charge in [-0.05, 0) is 42.3 Å². The van der Waals surface area contributed by atoms with Crippen molar-refractivity contribution in [3.8, 4) is 0 Å². The molecule has 6 heteroatoms. The Morgan fingerprint density at radius 1 is 0.929 bits per heavy atom. The van der Waals surface area contributed by atoms with Crippen LogP contribution in [-0.4, -0.2) is 26.3 Å². The monoisotopic (exact) mass is 394 g/mol. The molecule has 3 aromatic rings. The van der Waals surface area contributed by atoms with Crippen molar-refractivity contribution in [2.45, 2.75) is 18.4 Å². The van der Waals surface area contributed by atoms with Gasteiger partial charge in [0.25, 0.3) is 15.9 Å². The number of hydrogen-bond donors (Lipinski definition) is 1. The van der Waals surface area contributed by atoms with E-state index in [-0.39, 0.29) is 10.8 Å². The van der Waals surface area contributed by atoms with Crippen LogP contribution in [0.25, 0.3) is 0 Å². The maximum atomic E-state index is 12.8. The Kier molecular flexibility index (Phi) is 5.80. The Morgan fingerprint density at radius 3 is 2.18 bits per heavy atom. The lowest BCUT2D eigenvalue weighted by Gasteiger charge is -2.18. The van der Waals surface area contributed by atoms with Gasteiger partial charge >= 0.3 is 0 Å². The number of rotatable bonds is 6. The smallest absolute Gasteiger partial charge is 0.261 e. The van der Waals surface area contributed by atoms with Gasteiger partial charge in [0.2, 0.25) is 0 Å². The van der Waals surface area contributed by atoms with Gasteiger partial charge < -0.3 is 4.90 Å². The van der Waals surface area contributed by atoms with Crippen molar-refractivity contribution in [2.24, 2.45) is 0 Å². The van der Waals surface area contributed by atoms with Crippen molar-refractivity contribution in [3.63, 3.8) is 0 Å². The van der Waals surface area contributed by atoms with Crippen LogP contribution in [-0.2, 0) is 16.6 Å². The zero-order valence-electron chi connectivity index (χ0n) is 15.8. The summed E-state index contributed by atoms with van der Waals surface area (Å²) in [6.45, 7) is 2.27. The molecule has 1 N–H and O–H groups in total. The fourth-order valence-corrected chi connectivity index (χ4v) is 3.96. The van der Waals surface area contributed by atoms with E-state index >= 15 is 0 Å².